The van der Waals surface area contributed by atoms with Crippen LogP contribution in [0, 0.1) is 0 Å². The van der Waals surface area contributed by atoms with Crippen LogP contribution < -0.4 is 0 Å². The summed E-state index contributed by atoms with van der Waals surface area (Å²) in [6.45, 7) is 2.13. The Morgan fingerprint density at radius 3 is 2.73 bits per heavy atom. The first-order chi connectivity index (χ1) is 10.8. The van der Waals surface area contributed by atoms with Crippen molar-refractivity contribution in [3.05, 3.63) is 66.5 Å². The Bertz CT molecular complexity index is 779. The summed E-state index contributed by atoms with van der Waals surface area (Å²) < 4.78 is 5.09. The maximum absolute atomic E-state index is 12.0. The molecule has 3 rings (SSSR count). The highest BCUT2D eigenvalue weighted by Crippen LogP contribution is 2.27. The van der Waals surface area contributed by atoms with Crippen LogP contribution in [-0.4, -0.2) is 22.5 Å². The molecule has 1 aromatic carbocycles. The van der Waals surface area contributed by atoms with Crippen LogP contribution in [0.15, 0.2) is 60.9 Å². The van der Waals surface area contributed by atoms with Gasteiger partial charge < -0.3 is 9.72 Å². The highest BCUT2D eigenvalue weighted by Gasteiger charge is 2.16. The van der Waals surface area contributed by atoms with Gasteiger partial charge in [-0.05, 0) is 30.7 Å². The lowest BCUT2D eigenvalue weighted by Crippen LogP contribution is -2.07. The Morgan fingerprint density at radius 1 is 1.14 bits per heavy atom. The van der Waals surface area contributed by atoms with Crippen molar-refractivity contribution in [2.45, 2.75) is 6.92 Å². The van der Waals surface area contributed by atoms with Crippen molar-refractivity contribution in [3.8, 4) is 22.5 Å². The van der Waals surface area contributed by atoms with Gasteiger partial charge in [0.25, 0.3) is 0 Å². The van der Waals surface area contributed by atoms with E-state index in [1.165, 1.54) is 0 Å². The molecule has 0 spiro atoms. The fourth-order valence-electron chi connectivity index (χ4n) is 2.32. The molecule has 0 bridgehead atoms. The van der Waals surface area contributed by atoms with Crippen molar-refractivity contribution in [2.24, 2.45) is 0 Å². The summed E-state index contributed by atoms with van der Waals surface area (Å²) in [6, 6.07) is 15.5. The van der Waals surface area contributed by atoms with Gasteiger partial charge in [0, 0.05) is 23.7 Å². The molecule has 0 radical (unpaired) electrons. The fourth-order valence-corrected chi connectivity index (χ4v) is 2.32. The number of hydrogen-bond donors (Lipinski definition) is 1. The molecule has 22 heavy (non-hydrogen) atoms. The summed E-state index contributed by atoms with van der Waals surface area (Å²) in [5.41, 5.74) is 4.03. The largest absolute Gasteiger partial charge is 0.462 e. The number of hydrogen-bond acceptors (Lipinski definition) is 3. The predicted octanol–water partition coefficient (Wildman–Crippen LogP) is 3.92. The van der Waals surface area contributed by atoms with Gasteiger partial charge in [-0.1, -0.05) is 30.3 Å². The molecule has 0 unspecified atom stereocenters. The maximum Gasteiger partial charge on any atom is 0.340 e. The molecule has 0 saturated heterocycles. The van der Waals surface area contributed by atoms with Gasteiger partial charge in [-0.15, -0.1) is 0 Å². The quantitative estimate of drug-likeness (QED) is 0.741. The molecule has 0 amide bonds. The molecule has 2 heterocycles. The third-order valence-electron chi connectivity index (χ3n) is 3.34. The van der Waals surface area contributed by atoms with E-state index in [-0.39, 0.29) is 5.97 Å². The number of ether oxygens (including phenoxy) is 1. The number of nitrogens with one attached hydrogen (secondary N) is 1. The third-order valence-corrected chi connectivity index (χ3v) is 3.34. The molecule has 2 aromatic heterocycles. The summed E-state index contributed by atoms with van der Waals surface area (Å²) in [5, 5.41) is 0. The Hall–Kier alpha value is -2.88. The molecule has 4 nitrogen and oxygen atoms in total. The molecule has 0 fully saturated rings. The van der Waals surface area contributed by atoms with Crippen LogP contribution >= 0.6 is 0 Å². The van der Waals surface area contributed by atoms with Gasteiger partial charge in [0.1, 0.15) is 0 Å². The Morgan fingerprint density at radius 2 is 1.95 bits per heavy atom. The van der Waals surface area contributed by atoms with E-state index in [9.17, 15) is 4.79 Å². The highest BCUT2D eigenvalue weighted by molar-refractivity contribution is 5.96. The number of aromatic amines is 1. The van der Waals surface area contributed by atoms with E-state index >= 15 is 0 Å². The van der Waals surface area contributed by atoms with E-state index in [1.54, 1.807) is 25.3 Å². The standard InChI is InChI=1S/C18H16N2O2/c1-2-22-18(21)15-9-6-10-19-17(15)14-11-16(20-12-14)13-7-4-3-5-8-13/h3-12,20H,2H2,1H3. The van der Waals surface area contributed by atoms with Crippen LogP contribution in [0.5, 0.6) is 0 Å². The number of rotatable bonds is 4. The minimum atomic E-state index is -0.354. The van der Waals surface area contributed by atoms with Crippen LogP contribution in [0.25, 0.3) is 22.5 Å². The number of nitrogens with zero attached hydrogens (tertiary/aromatic N) is 1. The van der Waals surface area contributed by atoms with Gasteiger partial charge in [0.15, 0.2) is 0 Å². The van der Waals surface area contributed by atoms with Gasteiger partial charge >= 0.3 is 5.97 Å². The monoisotopic (exact) mass is 292 g/mol. The molecule has 0 saturated carbocycles. The van der Waals surface area contributed by atoms with E-state index in [0.29, 0.717) is 17.9 Å². The lowest BCUT2D eigenvalue weighted by atomic mass is 10.1. The van der Waals surface area contributed by atoms with E-state index in [4.69, 9.17) is 4.74 Å². The second-order valence-electron chi connectivity index (χ2n) is 4.79. The SMILES string of the molecule is CCOC(=O)c1cccnc1-c1c[nH]c(-c2ccccc2)c1. The van der Waals surface area contributed by atoms with Crippen LogP contribution in [0.4, 0.5) is 0 Å². The van der Waals surface area contributed by atoms with Crippen molar-refractivity contribution >= 4 is 5.97 Å². The fraction of sp³-hybridized carbons (Fsp3) is 0.111. The van der Waals surface area contributed by atoms with Gasteiger partial charge in [-0.25, -0.2) is 4.79 Å². The summed E-state index contributed by atoms with van der Waals surface area (Å²) >= 11 is 0. The van der Waals surface area contributed by atoms with Crippen LogP contribution in [-0.2, 0) is 4.74 Å². The van der Waals surface area contributed by atoms with Crippen molar-refractivity contribution in [1.82, 2.24) is 9.97 Å². The molecule has 0 aliphatic rings. The second-order valence-corrected chi connectivity index (χ2v) is 4.79. The average molecular weight is 292 g/mol. The third kappa shape index (κ3) is 2.76. The summed E-state index contributed by atoms with van der Waals surface area (Å²) in [6.07, 6.45) is 3.53. The normalized spacial score (nSPS) is 10.4. The van der Waals surface area contributed by atoms with Gasteiger partial charge in [0.2, 0.25) is 0 Å². The number of esters is 1. The minimum Gasteiger partial charge on any atom is -0.462 e. The van der Waals surface area contributed by atoms with Crippen molar-refractivity contribution in [1.29, 1.82) is 0 Å². The minimum absolute atomic E-state index is 0.343. The first-order valence-electron chi connectivity index (χ1n) is 7.16. The average Bonchev–Trinajstić information content (AvgIpc) is 3.06. The van der Waals surface area contributed by atoms with Gasteiger partial charge in [-0.3, -0.25) is 4.98 Å². The van der Waals surface area contributed by atoms with Crippen LogP contribution in [0.3, 0.4) is 0 Å². The van der Waals surface area contributed by atoms with Crippen LogP contribution in [0.2, 0.25) is 0 Å². The van der Waals surface area contributed by atoms with Crippen molar-refractivity contribution in [2.75, 3.05) is 6.61 Å². The summed E-state index contributed by atoms with van der Waals surface area (Å²) in [7, 11) is 0. The van der Waals surface area contributed by atoms with Crippen LogP contribution in [0.1, 0.15) is 17.3 Å². The topological polar surface area (TPSA) is 55.0 Å². The molecule has 3 aromatic rings. The number of aromatic nitrogens is 2. The number of carbonyl (C=O) groups is 1. The van der Waals surface area contributed by atoms with Crippen molar-refractivity contribution < 1.29 is 9.53 Å². The highest BCUT2D eigenvalue weighted by atomic mass is 16.5. The molecule has 0 atom stereocenters. The number of pyridine rings is 1. The molecule has 0 aliphatic carbocycles. The number of carbonyl (C=O) groups excluding carboxylic acids is 1. The molecular weight excluding hydrogens is 276 g/mol. The summed E-state index contributed by atoms with van der Waals surface area (Å²) in [5.74, 6) is -0.354. The van der Waals surface area contributed by atoms with E-state index in [1.807, 2.05) is 42.6 Å². The first kappa shape index (κ1) is 14.1. The zero-order valence-corrected chi connectivity index (χ0v) is 12.2. The summed E-state index contributed by atoms with van der Waals surface area (Å²) in [4.78, 5) is 19.6. The van der Waals surface area contributed by atoms with E-state index in [0.717, 1.165) is 16.8 Å². The van der Waals surface area contributed by atoms with Crippen molar-refractivity contribution in [3.63, 3.8) is 0 Å². The molecule has 0 aliphatic heterocycles. The first-order valence-corrected chi connectivity index (χ1v) is 7.16. The number of H-pyrrole nitrogens is 1. The lowest BCUT2D eigenvalue weighted by molar-refractivity contribution is 0.0527. The second kappa shape index (κ2) is 6.26. The van der Waals surface area contributed by atoms with E-state index in [2.05, 4.69) is 9.97 Å². The predicted molar refractivity (Wildman–Crippen MR) is 85.4 cm³/mol. The maximum atomic E-state index is 12.0. The molecular formula is C18H16N2O2. The number of benzene rings is 1. The lowest BCUT2D eigenvalue weighted by Gasteiger charge is -2.05. The van der Waals surface area contributed by atoms with Gasteiger partial charge in [0.05, 0.1) is 17.9 Å². The zero-order valence-electron chi connectivity index (χ0n) is 12.2. The van der Waals surface area contributed by atoms with E-state index < -0.39 is 0 Å². The van der Waals surface area contributed by atoms with Gasteiger partial charge in [-0.2, -0.15) is 0 Å². The smallest absolute Gasteiger partial charge is 0.340 e. The molecule has 1 N–H and O–H groups in total. The Balaban J connectivity index is 1.99. The zero-order chi connectivity index (χ0) is 15.4. The Kier molecular flexibility index (Phi) is 4.01. The molecule has 4 heteroatoms. The Labute approximate surface area is 128 Å². The molecule has 110 valence electrons.